The van der Waals surface area contributed by atoms with Crippen LogP contribution in [0.15, 0.2) is 29.3 Å². The highest BCUT2D eigenvalue weighted by Crippen LogP contribution is 2.23. The number of halogens is 1. The van der Waals surface area contributed by atoms with Crippen molar-refractivity contribution in [1.82, 2.24) is 10.6 Å². The zero-order chi connectivity index (χ0) is 16.8. The number of rotatable bonds is 5. The fraction of sp³-hybridized carbons (Fsp3) is 0.611. The minimum atomic E-state index is 0.284. The number of nitrogens with one attached hydrogen (secondary N) is 2. The van der Waals surface area contributed by atoms with Crippen molar-refractivity contribution >= 4 is 23.2 Å². The molecule has 2 unspecified atom stereocenters. The van der Waals surface area contributed by atoms with Crippen LogP contribution in [0, 0.1) is 0 Å². The first-order valence-electron chi connectivity index (χ1n) is 8.91. The van der Waals surface area contributed by atoms with Crippen LogP contribution < -0.4 is 15.5 Å². The monoisotopic (exact) mass is 350 g/mol. The Morgan fingerprint density at radius 1 is 1.42 bits per heavy atom. The molecule has 132 valence electrons. The largest absolute Gasteiger partial charge is 0.376 e. The van der Waals surface area contributed by atoms with Gasteiger partial charge >= 0.3 is 0 Å². The van der Waals surface area contributed by atoms with E-state index in [1.54, 1.807) is 0 Å². The highest BCUT2D eigenvalue weighted by molar-refractivity contribution is 6.30. The Morgan fingerprint density at radius 3 is 3.08 bits per heavy atom. The normalized spacial score (nSPS) is 24.4. The molecule has 2 atom stereocenters. The molecule has 0 radical (unpaired) electrons. The highest BCUT2D eigenvalue weighted by Gasteiger charge is 2.24. The number of benzene rings is 1. The summed E-state index contributed by atoms with van der Waals surface area (Å²) in [7, 11) is 0. The molecule has 1 aromatic carbocycles. The summed E-state index contributed by atoms with van der Waals surface area (Å²) in [6, 6.07) is 8.46. The number of hydrogen-bond acceptors (Lipinski definition) is 3. The number of hydrogen-bond donors (Lipinski definition) is 2. The molecule has 6 heteroatoms. The van der Waals surface area contributed by atoms with E-state index in [0.717, 1.165) is 63.0 Å². The maximum atomic E-state index is 6.11. The zero-order valence-corrected chi connectivity index (χ0v) is 15.1. The van der Waals surface area contributed by atoms with Gasteiger partial charge in [-0.15, -0.1) is 0 Å². The molecule has 0 bridgehead atoms. The van der Waals surface area contributed by atoms with E-state index in [9.17, 15) is 0 Å². The summed E-state index contributed by atoms with van der Waals surface area (Å²) in [6.07, 6.45) is 3.65. The van der Waals surface area contributed by atoms with Crippen LogP contribution in [0.4, 0.5) is 5.69 Å². The number of nitrogens with zero attached hydrogens (tertiary/aromatic N) is 2. The first-order chi connectivity index (χ1) is 11.7. The minimum Gasteiger partial charge on any atom is -0.376 e. The zero-order valence-electron chi connectivity index (χ0n) is 14.3. The predicted octanol–water partition coefficient (Wildman–Crippen LogP) is 2.65. The Balaban J connectivity index is 1.54. The van der Waals surface area contributed by atoms with Gasteiger partial charge in [-0.2, -0.15) is 0 Å². The Labute approximate surface area is 149 Å². The number of aliphatic imine (C=N–C) groups is 1. The molecular formula is C18H27ClN4O. The average molecular weight is 351 g/mol. The summed E-state index contributed by atoms with van der Waals surface area (Å²) < 4.78 is 5.65. The third kappa shape index (κ3) is 4.77. The second-order valence-electron chi connectivity index (χ2n) is 6.41. The van der Waals surface area contributed by atoms with Crippen molar-refractivity contribution in [3.05, 3.63) is 29.3 Å². The van der Waals surface area contributed by atoms with E-state index in [2.05, 4.69) is 28.5 Å². The summed E-state index contributed by atoms with van der Waals surface area (Å²) in [5.41, 5.74) is 1.19. The van der Waals surface area contributed by atoms with Gasteiger partial charge in [0.2, 0.25) is 0 Å². The second-order valence-corrected chi connectivity index (χ2v) is 6.85. The lowest BCUT2D eigenvalue weighted by Gasteiger charge is -2.21. The predicted molar refractivity (Wildman–Crippen MR) is 100 cm³/mol. The lowest BCUT2D eigenvalue weighted by Crippen LogP contribution is -2.45. The maximum absolute atomic E-state index is 6.11. The smallest absolute Gasteiger partial charge is 0.191 e. The van der Waals surface area contributed by atoms with E-state index in [0.29, 0.717) is 6.04 Å². The lowest BCUT2D eigenvalue weighted by atomic mass is 10.2. The van der Waals surface area contributed by atoms with E-state index in [4.69, 9.17) is 21.3 Å². The summed E-state index contributed by atoms with van der Waals surface area (Å²) in [4.78, 5) is 7.07. The van der Waals surface area contributed by atoms with Crippen molar-refractivity contribution in [3.8, 4) is 0 Å². The molecule has 3 rings (SSSR count). The first-order valence-corrected chi connectivity index (χ1v) is 9.29. The molecule has 24 heavy (non-hydrogen) atoms. The van der Waals surface area contributed by atoms with Gasteiger partial charge in [-0.3, -0.25) is 4.99 Å². The van der Waals surface area contributed by atoms with Crippen molar-refractivity contribution < 1.29 is 4.74 Å². The molecule has 0 spiro atoms. The van der Waals surface area contributed by atoms with Crippen LogP contribution in [0.25, 0.3) is 0 Å². The standard InChI is InChI=1S/C18H27ClN4O/c1-2-20-18(21-12-17-7-4-10-24-17)22-15-8-9-23(13-15)16-6-3-5-14(19)11-16/h3,5-6,11,15,17H,2,4,7-10,12-13H2,1H3,(H2,20,21,22). The molecule has 2 fully saturated rings. The van der Waals surface area contributed by atoms with Gasteiger partial charge in [-0.25, -0.2) is 0 Å². The molecule has 0 saturated carbocycles. The first kappa shape index (κ1) is 17.4. The molecule has 1 aromatic rings. The molecule has 0 amide bonds. The van der Waals surface area contributed by atoms with Gasteiger partial charge in [-0.05, 0) is 44.4 Å². The number of guanidine groups is 1. The van der Waals surface area contributed by atoms with E-state index in [1.807, 2.05) is 18.2 Å². The summed E-state index contributed by atoms with van der Waals surface area (Å²) in [6.45, 7) is 6.56. The van der Waals surface area contributed by atoms with Gasteiger partial charge in [0.1, 0.15) is 0 Å². The van der Waals surface area contributed by atoms with E-state index < -0.39 is 0 Å². The van der Waals surface area contributed by atoms with Crippen LogP contribution in [0.2, 0.25) is 5.02 Å². The molecule has 2 saturated heterocycles. The number of ether oxygens (including phenoxy) is 1. The minimum absolute atomic E-state index is 0.284. The Bertz CT molecular complexity index is 560. The third-order valence-electron chi connectivity index (χ3n) is 4.52. The topological polar surface area (TPSA) is 48.9 Å². The molecule has 2 N–H and O–H groups in total. The summed E-state index contributed by atoms with van der Waals surface area (Å²) >= 11 is 6.11. The van der Waals surface area contributed by atoms with Crippen LogP contribution in [0.3, 0.4) is 0 Å². The van der Waals surface area contributed by atoms with Crippen LogP contribution >= 0.6 is 11.6 Å². The fourth-order valence-electron chi connectivity index (χ4n) is 3.28. The van der Waals surface area contributed by atoms with Gasteiger partial charge in [0, 0.05) is 43.0 Å². The Kier molecular flexibility index (Phi) is 6.21. The van der Waals surface area contributed by atoms with Gasteiger partial charge in [-0.1, -0.05) is 17.7 Å². The molecular weight excluding hydrogens is 324 g/mol. The second kappa shape index (κ2) is 8.58. The third-order valence-corrected chi connectivity index (χ3v) is 4.76. The van der Waals surface area contributed by atoms with Gasteiger partial charge in [0.05, 0.1) is 12.6 Å². The van der Waals surface area contributed by atoms with Gasteiger partial charge in [0.25, 0.3) is 0 Å². The summed E-state index contributed by atoms with van der Waals surface area (Å²) in [5.74, 6) is 0.894. The Morgan fingerprint density at radius 2 is 2.33 bits per heavy atom. The number of anilines is 1. The average Bonchev–Trinajstić information content (AvgIpc) is 3.25. The molecule has 0 aromatic heterocycles. The van der Waals surface area contributed by atoms with E-state index in [-0.39, 0.29) is 6.10 Å². The Hall–Kier alpha value is -1.46. The van der Waals surface area contributed by atoms with Crippen LogP contribution in [0.1, 0.15) is 26.2 Å². The van der Waals surface area contributed by atoms with Crippen molar-refractivity contribution in [2.24, 2.45) is 4.99 Å². The van der Waals surface area contributed by atoms with Crippen molar-refractivity contribution in [3.63, 3.8) is 0 Å². The molecule has 5 nitrogen and oxygen atoms in total. The van der Waals surface area contributed by atoms with Crippen molar-refractivity contribution in [2.45, 2.75) is 38.3 Å². The van der Waals surface area contributed by atoms with Gasteiger partial charge in [0.15, 0.2) is 5.96 Å². The van der Waals surface area contributed by atoms with Crippen molar-refractivity contribution in [1.29, 1.82) is 0 Å². The molecule has 0 aliphatic carbocycles. The molecule has 2 heterocycles. The maximum Gasteiger partial charge on any atom is 0.191 e. The van der Waals surface area contributed by atoms with Crippen LogP contribution in [-0.2, 0) is 4.74 Å². The molecule has 2 aliphatic heterocycles. The molecule has 2 aliphatic rings. The SMILES string of the molecule is CCNC(=NCC1CCCO1)NC1CCN(c2cccc(Cl)c2)C1. The van der Waals surface area contributed by atoms with Crippen LogP contribution in [0.5, 0.6) is 0 Å². The van der Waals surface area contributed by atoms with E-state index >= 15 is 0 Å². The van der Waals surface area contributed by atoms with Gasteiger partial charge < -0.3 is 20.3 Å². The highest BCUT2D eigenvalue weighted by atomic mass is 35.5. The fourth-order valence-corrected chi connectivity index (χ4v) is 3.46. The van der Waals surface area contributed by atoms with Crippen LogP contribution in [-0.4, -0.2) is 50.9 Å². The lowest BCUT2D eigenvalue weighted by molar-refractivity contribution is 0.117. The van der Waals surface area contributed by atoms with E-state index in [1.165, 1.54) is 5.69 Å². The van der Waals surface area contributed by atoms with Crippen molar-refractivity contribution in [2.75, 3.05) is 37.7 Å². The quantitative estimate of drug-likeness (QED) is 0.633. The summed E-state index contributed by atoms with van der Waals surface area (Å²) in [5, 5.41) is 7.69.